The van der Waals surface area contributed by atoms with Crippen molar-refractivity contribution in [1.29, 1.82) is 0 Å². The normalized spacial score (nSPS) is 11.5. The summed E-state index contributed by atoms with van der Waals surface area (Å²) in [5.74, 6) is 0.290. The van der Waals surface area contributed by atoms with Crippen molar-refractivity contribution in [3.63, 3.8) is 0 Å². The Kier molecular flexibility index (Phi) is 8.65. The molecule has 0 bridgehead atoms. The number of ether oxygens (including phenoxy) is 2. The second-order valence-electron chi connectivity index (χ2n) is 6.87. The number of rotatable bonds is 10. The quantitative estimate of drug-likeness (QED) is 0.645. The summed E-state index contributed by atoms with van der Waals surface area (Å²) in [6.07, 6.45) is 0.628. The van der Waals surface area contributed by atoms with Gasteiger partial charge in [-0.15, -0.1) is 0 Å². The first kappa shape index (κ1) is 23.2. The molecule has 0 fully saturated rings. The van der Waals surface area contributed by atoms with Crippen LogP contribution in [0.3, 0.4) is 0 Å². The SMILES string of the molecule is CCNC(=O)C(C)N(Cc1ccccc1F)C(=O)CCc1ccc(OC)c(OC)c1. The molecule has 0 aliphatic rings. The molecule has 2 aromatic rings. The smallest absolute Gasteiger partial charge is 0.242 e. The zero-order valence-corrected chi connectivity index (χ0v) is 17.9. The van der Waals surface area contributed by atoms with E-state index in [4.69, 9.17) is 9.47 Å². The third-order valence-corrected chi connectivity index (χ3v) is 4.89. The molecule has 2 aromatic carbocycles. The van der Waals surface area contributed by atoms with Crippen LogP contribution in [0.5, 0.6) is 11.5 Å². The number of carbonyl (C=O) groups excluding carboxylic acids is 2. The highest BCUT2D eigenvalue weighted by Gasteiger charge is 2.26. The molecule has 0 spiro atoms. The number of hydrogen-bond acceptors (Lipinski definition) is 4. The van der Waals surface area contributed by atoms with Crippen molar-refractivity contribution in [2.24, 2.45) is 0 Å². The Hall–Kier alpha value is -3.09. The van der Waals surface area contributed by atoms with Crippen LogP contribution in [0, 0.1) is 5.82 Å². The molecule has 1 N–H and O–H groups in total. The van der Waals surface area contributed by atoms with Gasteiger partial charge in [-0.05, 0) is 44.0 Å². The van der Waals surface area contributed by atoms with Gasteiger partial charge in [0.1, 0.15) is 11.9 Å². The van der Waals surface area contributed by atoms with E-state index in [9.17, 15) is 14.0 Å². The molecule has 0 aliphatic carbocycles. The van der Waals surface area contributed by atoms with Crippen LogP contribution in [0.15, 0.2) is 42.5 Å². The van der Waals surface area contributed by atoms with Gasteiger partial charge in [-0.2, -0.15) is 0 Å². The van der Waals surface area contributed by atoms with Crippen molar-refractivity contribution < 1.29 is 23.5 Å². The topological polar surface area (TPSA) is 67.9 Å². The van der Waals surface area contributed by atoms with Crippen LogP contribution in [0.2, 0.25) is 0 Å². The summed E-state index contributed by atoms with van der Waals surface area (Å²) < 4.78 is 24.7. The predicted molar refractivity (Wildman–Crippen MR) is 113 cm³/mol. The number of aryl methyl sites for hydroxylation is 1. The van der Waals surface area contributed by atoms with Crippen molar-refractivity contribution in [1.82, 2.24) is 10.2 Å². The Morgan fingerprint density at radius 1 is 1.10 bits per heavy atom. The van der Waals surface area contributed by atoms with E-state index < -0.39 is 11.9 Å². The number of amides is 2. The Bertz CT molecular complexity index is 872. The van der Waals surface area contributed by atoms with Crippen LogP contribution in [-0.4, -0.2) is 43.5 Å². The van der Waals surface area contributed by atoms with Crippen LogP contribution < -0.4 is 14.8 Å². The van der Waals surface area contributed by atoms with Crippen molar-refractivity contribution in [2.75, 3.05) is 20.8 Å². The van der Waals surface area contributed by atoms with Gasteiger partial charge in [-0.3, -0.25) is 9.59 Å². The third kappa shape index (κ3) is 5.95. The van der Waals surface area contributed by atoms with E-state index >= 15 is 0 Å². The lowest BCUT2D eigenvalue weighted by molar-refractivity contribution is -0.140. The Morgan fingerprint density at radius 2 is 1.80 bits per heavy atom. The van der Waals surface area contributed by atoms with Gasteiger partial charge in [0, 0.05) is 25.1 Å². The van der Waals surface area contributed by atoms with Crippen LogP contribution in [-0.2, 0) is 22.6 Å². The first-order valence-corrected chi connectivity index (χ1v) is 9.92. The fourth-order valence-corrected chi connectivity index (χ4v) is 3.15. The minimum atomic E-state index is -0.720. The number of halogens is 1. The average molecular weight is 416 g/mol. The van der Waals surface area contributed by atoms with Crippen molar-refractivity contribution in [2.45, 2.75) is 39.3 Å². The standard InChI is InChI=1S/C23H29FN2O4/c1-5-25-23(28)16(2)26(15-18-8-6-7-9-19(18)24)22(27)13-11-17-10-12-20(29-3)21(14-17)30-4/h6-10,12,14,16H,5,11,13,15H2,1-4H3,(H,25,28). The van der Waals surface area contributed by atoms with E-state index in [0.717, 1.165) is 5.56 Å². The van der Waals surface area contributed by atoms with Gasteiger partial charge in [-0.25, -0.2) is 4.39 Å². The molecule has 0 saturated carbocycles. The summed E-state index contributed by atoms with van der Waals surface area (Å²) in [6.45, 7) is 3.94. The van der Waals surface area contributed by atoms with E-state index in [1.807, 2.05) is 19.1 Å². The molecule has 0 heterocycles. The summed E-state index contributed by atoms with van der Waals surface area (Å²) in [5, 5.41) is 2.73. The highest BCUT2D eigenvalue weighted by atomic mass is 19.1. The lowest BCUT2D eigenvalue weighted by Crippen LogP contribution is -2.47. The summed E-state index contributed by atoms with van der Waals surface area (Å²) in [6, 6.07) is 11.0. The zero-order valence-electron chi connectivity index (χ0n) is 17.9. The lowest BCUT2D eigenvalue weighted by Gasteiger charge is -2.29. The zero-order chi connectivity index (χ0) is 22.1. The third-order valence-electron chi connectivity index (χ3n) is 4.89. The molecule has 2 amide bonds. The number of likely N-dealkylation sites (N-methyl/N-ethyl adjacent to an activating group) is 1. The van der Waals surface area contributed by atoms with Crippen LogP contribution in [0.4, 0.5) is 4.39 Å². The fraction of sp³-hybridized carbons (Fsp3) is 0.391. The molecule has 162 valence electrons. The Morgan fingerprint density at radius 3 is 2.43 bits per heavy atom. The largest absolute Gasteiger partial charge is 0.493 e. The number of hydrogen-bond donors (Lipinski definition) is 1. The second kappa shape index (κ2) is 11.2. The Balaban J connectivity index is 2.17. The van der Waals surface area contributed by atoms with Gasteiger partial charge >= 0.3 is 0 Å². The van der Waals surface area contributed by atoms with Crippen molar-refractivity contribution in [3.8, 4) is 11.5 Å². The number of benzene rings is 2. The summed E-state index contributed by atoms with van der Waals surface area (Å²) in [7, 11) is 3.11. The fourth-order valence-electron chi connectivity index (χ4n) is 3.15. The summed E-state index contributed by atoms with van der Waals surface area (Å²) in [5.41, 5.74) is 1.27. The van der Waals surface area contributed by atoms with Crippen LogP contribution in [0.25, 0.3) is 0 Å². The number of carbonyl (C=O) groups is 2. The monoisotopic (exact) mass is 416 g/mol. The van der Waals surface area contributed by atoms with E-state index in [1.165, 1.54) is 11.0 Å². The molecule has 7 heteroatoms. The van der Waals surface area contributed by atoms with Crippen molar-refractivity contribution >= 4 is 11.8 Å². The predicted octanol–water partition coefficient (Wildman–Crippen LogP) is 3.33. The van der Waals surface area contributed by atoms with Gasteiger partial charge in [0.15, 0.2) is 11.5 Å². The van der Waals surface area contributed by atoms with Crippen LogP contribution >= 0.6 is 0 Å². The lowest BCUT2D eigenvalue weighted by atomic mass is 10.1. The average Bonchev–Trinajstić information content (AvgIpc) is 2.76. The highest BCUT2D eigenvalue weighted by Crippen LogP contribution is 2.28. The summed E-state index contributed by atoms with van der Waals surface area (Å²) in [4.78, 5) is 26.8. The maximum Gasteiger partial charge on any atom is 0.242 e. The van der Waals surface area contributed by atoms with E-state index in [-0.39, 0.29) is 24.8 Å². The van der Waals surface area contributed by atoms with E-state index in [0.29, 0.717) is 30.0 Å². The molecular formula is C23H29FN2O4. The maximum absolute atomic E-state index is 14.2. The highest BCUT2D eigenvalue weighted by molar-refractivity contribution is 5.87. The minimum absolute atomic E-state index is 0.0236. The maximum atomic E-state index is 14.2. The van der Waals surface area contributed by atoms with Crippen LogP contribution in [0.1, 0.15) is 31.4 Å². The molecule has 0 radical (unpaired) electrons. The molecular weight excluding hydrogens is 387 g/mol. The van der Waals surface area contributed by atoms with Gasteiger partial charge < -0.3 is 19.7 Å². The number of nitrogens with one attached hydrogen (secondary N) is 1. The van der Waals surface area contributed by atoms with Crippen molar-refractivity contribution in [3.05, 3.63) is 59.4 Å². The molecule has 30 heavy (non-hydrogen) atoms. The van der Waals surface area contributed by atoms with E-state index in [1.54, 1.807) is 45.4 Å². The molecule has 2 rings (SSSR count). The first-order chi connectivity index (χ1) is 14.4. The van der Waals surface area contributed by atoms with E-state index in [2.05, 4.69) is 5.32 Å². The first-order valence-electron chi connectivity index (χ1n) is 9.92. The van der Waals surface area contributed by atoms with Gasteiger partial charge in [0.05, 0.1) is 14.2 Å². The van der Waals surface area contributed by atoms with Gasteiger partial charge in [-0.1, -0.05) is 24.3 Å². The molecule has 6 nitrogen and oxygen atoms in total. The second-order valence-corrected chi connectivity index (χ2v) is 6.87. The molecule has 1 atom stereocenters. The Labute approximate surface area is 177 Å². The van der Waals surface area contributed by atoms with Gasteiger partial charge in [0.2, 0.25) is 11.8 Å². The number of nitrogens with zero attached hydrogens (tertiary/aromatic N) is 1. The minimum Gasteiger partial charge on any atom is -0.493 e. The number of methoxy groups -OCH3 is 2. The molecule has 1 unspecified atom stereocenters. The molecule has 0 aromatic heterocycles. The molecule has 0 aliphatic heterocycles. The summed E-state index contributed by atoms with van der Waals surface area (Å²) >= 11 is 0. The van der Waals surface area contributed by atoms with Gasteiger partial charge in [0.25, 0.3) is 0 Å². The molecule has 0 saturated heterocycles.